The summed E-state index contributed by atoms with van der Waals surface area (Å²) < 4.78 is 7.09. The number of aromatic nitrogens is 2. The standard InChI is InChI=1S/C22H23N5O3/c1-4-23-11-19(28)26-21-20(25-18-8-5-13(2)12-27(18)21)16-9-14-6-7-15(30-3)10-17(14)24-22(16)29/h4-8,10-12,16,26,28H,9H2,1-3H3,(H,24,29)/b19-11-,23-4?. The van der Waals surface area contributed by atoms with Gasteiger partial charge in [-0.3, -0.25) is 14.2 Å². The summed E-state index contributed by atoms with van der Waals surface area (Å²) in [6.45, 7) is 3.72. The van der Waals surface area contributed by atoms with Crippen molar-refractivity contribution < 1.29 is 14.6 Å². The Balaban J connectivity index is 1.79. The Labute approximate surface area is 173 Å². The van der Waals surface area contributed by atoms with Crippen LogP contribution in [0.4, 0.5) is 11.5 Å². The summed E-state index contributed by atoms with van der Waals surface area (Å²) in [6.07, 6.45) is 5.27. The normalized spacial score (nSPS) is 16.6. The summed E-state index contributed by atoms with van der Waals surface area (Å²) in [7, 11) is 1.59. The van der Waals surface area contributed by atoms with E-state index in [1.54, 1.807) is 20.2 Å². The first-order valence-electron chi connectivity index (χ1n) is 9.60. The van der Waals surface area contributed by atoms with Gasteiger partial charge in [0.1, 0.15) is 17.2 Å². The fourth-order valence-corrected chi connectivity index (χ4v) is 3.57. The molecule has 0 spiro atoms. The number of amides is 1. The molecule has 4 rings (SSSR count). The number of carbonyl (C=O) groups excluding carboxylic acids is 1. The molecule has 0 saturated heterocycles. The Hall–Kier alpha value is -3.81. The van der Waals surface area contributed by atoms with Gasteiger partial charge in [-0.1, -0.05) is 12.1 Å². The summed E-state index contributed by atoms with van der Waals surface area (Å²) in [4.78, 5) is 21.6. The molecule has 154 valence electrons. The number of anilines is 2. The number of fused-ring (bicyclic) bond motifs is 2. The van der Waals surface area contributed by atoms with Gasteiger partial charge in [-0.25, -0.2) is 4.98 Å². The number of carbonyl (C=O) groups is 1. The fraction of sp³-hybridized carbons (Fsp3) is 0.227. The van der Waals surface area contributed by atoms with Crippen LogP contribution in [0, 0.1) is 6.92 Å². The lowest BCUT2D eigenvalue weighted by molar-refractivity contribution is -0.117. The number of benzene rings is 1. The molecule has 0 saturated carbocycles. The number of nitrogens with one attached hydrogen (secondary N) is 2. The lowest BCUT2D eigenvalue weighted by Crippen LogP contribution is -2.29. The van der Waals surface area contributed by atoms with Crippen LogP contribution in [0.5, 0.6) is 5.75 Å². The number of hydrogen-bond donors (Lipinski definition) is 3. The third-order valence-electron chi connectivity index (χ3n) is 5.03. The van der Waals surface area contributed by atoms with Crippen LogP contribution in [-0.2, 0) is 11.2 Å². The summed E-state index contributed by atoms with van der Waals surface area (Å²) in [5.74, 6) is 0.402. The van der Waals surface area contributed by atoms with E-state index in [0.29, 0.717) is 29.3 Å². The summed E-state index contributed by atoms with van der Waals surface area (Å²) in [5.41, 5.74) is 3.99. The van der Waals surface area contributed by atoms with Crippen LogP contribution in [0.3, 0.4) is 0 Å². The first kappa shape index (κ1) is 19.5. The van der Waals surface area contributed by atoms with Gasteiger partial charge < -0.3 is 20.5 Å². The Morgan fingerprint density at radius 3 is 3.00 bits per heavy atom. The SMILES string of the molecule is CC=N/C=C(\O)Nc1c(C2Cc3ccc(OC)cc3NC2=O)nc2ccc(C)cn12. The molecule has 1 unspecified atom stereocenters. The number of ether oxygens (including phenoxy) is 1. The fourth-order valence-electron chi connectivity index (χ4n) is 3.57. The van der Waals surface area contributed by atoms with Gasteiger partial charge in [0.15, 0.2) is 0 Å². The molecule has 3 aromatic rings. The maximum Gasteiger partial charge on any atom is 0.234 e. The average Bonchev–Trinajstić information content (AvgIpc) is 3.08. The maximum atomic E-state index is 13.0. The number of imidazole rings is 1. The second-order valence-corrected chi connectivity index (χ2v) is 7.10. The molecule has 3 heterocycles. The Morgan fingerprint density at radius 2 is 2.23 bits per heavy atom. The number of hydrogen-bond acceptors (Lipinski definition) is 6. The van der Waals surface area contributed by atoms with Gasteiger partial charge in [-0.05, 0) is 43.5 Å². The van der Waals surface area contributed by atoms with Crippen molar-refractivity contribution in [3.8, 4) is 5.75 Å². The number of aliphatic hydroxyl groups is 1. The second kappa shape index (κ2) is 7.90. The van der Waals surface area contributed by atoms with Gasteiger partial charge in [0.05, 0.1) is 24.9 Å². The number of aliphatic hydroxyl groups excluding tert-OH is 1. The van der Waals surface area contributed by atoms with E-state index in [9.17, 15) is 9.90 Å². The lowest BCUT2D eigenvalue weighted by Gasteiger charge is -2.24. The second-order valence-electron chi connectivity index (χ2n) is 7.10. The molecule has 30 heavy (non-hydrogen) atoms. The predicted molar refractivity (Wildman–Crippen MR) is 116 cm³/mol. The zero-order valence-corrected chi connectivity index (χ0v) is 17.0. The largest absolute Gasteiger partial charge is 0.497 e. The zero-order valence-electron chi connectivity index (χ0n) is 17.0. The van der Waals surface area contributed by atoms with E-state index in [2.05, 4.69) is 15.6 Å². The molecule has 8 nitrogen and oxygen atoms in total. The summed E-state index contributed by atoms with van der Waals surface area (Å²) >= 11 is 0. The molecular formula is C22H23N5O3. The lowest BCUT2D eigenvalue weighted by atomic mass is 9.90. The Morgan fingerprint density at radius 1 is 1.40 bits per heavy atom. The van der Waals surface area contributed by atoms with Crippen LogP contribution in [0.25, 0.3) is 5.65 Å². The molecule has 2 aromatic heterocycles. The third-order valence-corrected chi connectivity index (χ3v) is 5.03. The number of methoxy groups -OCH3 is 1. The van der Waals surface area contributed by atoms with E-state index in [1.807, 2.05) is 47.9 Å². The Kier molecular flexibility index (Phi) is 5.14. The first-order valence-corrected chi connectivity index (χ1v) is 9.60. The number of pyridine rings is 1. The van der Waals surface area contributed by atoms with Crippen LogP contribution in [0.1, 0.15) is 29.7 Å². The Bertz CT molecular complexity index is 1180. The van der Waals surface area contributed by atoms with Crippen LogP contribution in [-0.4, -0.2) is 33.7 Å². The summed E-state index contributed by atoms with van der Waals surface area (Å²) in [5, 5.41) is 16.2. The predicted octanol–water partition coefficient (Wildman–Crippen LogP) is 3.79. The minimum Gasteiger partial charge on any atom is -0.497 e. The number of aryl methyl sites for hydroxylation is 1. The molecule has 8 heteroatoms. The molecule has 1 aliphatic heterocycles. The quantitative estimate of drug-likeness (QED) is 0.443. The van der Waals surface area contributed by atoms with Crippen LogP contribution in [0.15, 0.2) is 53.6 Å². The number of rotatable bonds is 5. The highest BCUT2D eigenvalue weighted by molar-refractivity contribution is 5.99. The van der Waals surface area contributed by atoms with Gasteiger partial charge >= 0.3 is 0 Å². The average molecular weight is 405 g/mol. The van der Waals surface area contributed by atoms with E-state index >= 15 is 0 Å². The van der Waals surface area contributed by atoms with Crippen molar-refractivity contribution in [3.63, 3.8) is 0 Å². The van der Waals surface area contributed by atoms with Crippen molar-refractivity contribution in [1.29, 1.82) is 0 Å². The van der Waals surface area contributed by atoms with Crippen LogP contribution in [0.2, 0.25) is 0 Å². The van der Waals surface area contributed by atoms with Gasteiger partial charge in [0.2, 0.25) is 11.8 Å². The van der Waals surface area contributed by atoms with E-state index in [4.69, 9.17) is 9.72 Å². The molecule has 1 aromatic carbocycles. The molecule has 1 aliphatic rings. The van der Waals surface area contributed by atoms with Gasteiger partial charge in [-0.15, -0.1) is 0 Å². The number of nitrogens with zero attached hydrogens (tertiary/aromatic N) is 3. The summed E-state index contributed by atoms with van der Waals surface area (Å²) in [6, 6.07) is 9.47. The highest BCUT2D eigenvalue weighted by Gasteiger charge is 2.33. The van der Waals surface area contributed by atoms with E-state index in [-0.39, 0.29) is 11.8 Å². The minimum absolute atomic E-state index is 0.140. The smallest absolute Gasteiger partial charge is 0.234 e. The zero-order chi connectivity index (χ0) is 21.3. The maximum absolute atomic E-state index is 13.0. The van der Waals surface area contributed by atoms with E-state index in [0.717, 1.165) is 16.8 Å². The van der Waals surface area contributed by atoms with E-state index in [1.165, 1.54) is 6.20 Å². The van der Waals surface area contributed by atoms with Gasteiger partial charge in [0.25, 0.3) is 0 Å². The number of aliphatic imine (C=N–C) groups is 1. The van der Waals surface area contributed by atoms with E-state index < -0.39 is 5.92 Å². The van der Waals surface area contributed by atoms with Crippen molar-refractivity contribution in [3.05, 3.63) is 65.4 Å². The van der Waals surface area contributed by atoms with Crippen molar-refractivity contribution in [2.75, 3.05) is 17.7 Å². The highest BCUT2D eigenvalue weighted by atomic mass is 16.5. The molecule has 1 atom stereocenters. The highest BCUT2D eigenvalue weighted by Crippen LogP contribution is 2.36. The van der Waals surface area contributed by atoms with Gasteiger partial charge in [-0.2, -0.15) is 0 Å². The minimum atomic E-state index is -0.518. The van der Waals surface area contributed by atoms with Crippen molar-refractivity contribution in [2.45, 2.75) is 26.2 Å². The van der Waals surface area contributed by atoms with Gasteiger partial charge in [0, 0.05) is 24.2 Å². The monoisotopic (exact) mass is 405 g/mol. The molecule has 1 amide bonds. The van der Waals surface area contributed by atoms with Crippen molar-refractivity contribution in [1.82, 2.24) is 9.38 Å². The molecule has 3 N–H and O–H groups in total. The first-order chi connectivity index (χ1) is 14.5. The van der Waals surface area contributed by atoms with Crippen molar-refractivity contribution in [2.24, 2.45) is 4.99 Å². The molecular weight excluding hydrogens is 382 g/mol. The molecule has 0 aliphatic carbocycles. The van der Waals surface area contributed by atoms with Crippen LogP contribution >= 0.6 is 0 Å². The molecule has 0 radical (unpaired) electrons. The van der Waals surface area contributed by atoms with Crippen molar-refractivity contribution >= 4 is 29.3 Å². The molecule has 0 bridgehead atoms. The van der Waals surface area contributed by atoms with Crippen LogP contribution < -0.4 is 15.4 Å². The topological polar surface area (TPSA) is 100 Å². The third kappa shape index (κ3) is 3.59. The molecule has 0 fully saturated rings.